The molecule has 1 saturated heterocycles. The van der Waals surface area contributed by atoms with Gasteiger partial charge < -0.3 is 10.6 Å². The minimum Gasteiger partial charge on any atom is -0.355 e. The summed E-state index contributed by atoms with van der Waals surface area (Å²) in [6.07, 6.45) is 3.47. The Kier molecular flexibility index (Phi) is 3.87. The second-order valence-corrected chi connectivity index (χ2v) is 5.05. The Bertz CT molecular complexity index is 455. The Morgan fingerprint density at radius 1 is 1.56 bits per heavy atom. The molecule has 0 aliphatic carbocycles. The lowest BCUT2D eigenvalue weighted by atomic mass is 9.94. The highest BCUT2D eigenvalue weighted by molar-refractivity contribution is 5.57. The molecule has 1 atom stereocenters. The Morgan fingerprint density at radius 3 is 3.00 bits per heavy atom. The number of hydrogen-bond acceptors (Lipinski definition) is 4. The topological polar surface area (TPSA) is 70.9 Å². The third-order valence-electron chi connectivity index (χ3n) is 3.70. The zero-order chi connectivity index (χ0) is 13.1. The summed E-state index contributed by atoms with van der Waals surface area (Å²) in [5.74, 6) is 1.61. The number of rotatable bonds is 3. The SMILES string of the molecule is Cc1nn(C)c(N2CCCC(CCN)C2)c1C#N. The summed E-state index contributed by atoms with van der Waals surface area (Å²) in [6.45, 7) is 4.64. The lowest BCUT2D eigenvalue weighted by Crippen LogP contribution is -2.37. The number of piperidine rings is 1. The molecule has 2 heterocycles. The molecule has 1 unspecified atom stereocenters. The molecule has 18 heavy (non-hydrogen) atoms. The maximum Gasteiger partial charge on any atom is 0.144 e. The van der Waals surface area contributed by atoms with Crippen molar-refractivity contribution in [3.05, 3.63) is 11.3 Å². The van der Waals surface area contributed by atoms with Crippen LogP contribution in [0.15, 0.2) is 0 Å². The van der Waals surface area contributed by atoms with Crippen LogP contribution in [-0.4, -0.2) is 29.4 Å². The van der Waals surface area contributed by atoms with Crippen LogP contribution in [0.5, 0.6) is 0 Å². The first-order valence-electron chi connectivity index (χ1n) is 6.56. The van der Waals surface area contributed by atoms with E-state index in [-0.39, 0.29) is 0 Å². The summed E-state index contributed by atoms with van der Waals surface area (Å²) >= 11 is 0. The van der Waals surface area contributed by atoms with E-state index >= 15 is 0 Å². The highest BCUT2D eigenvalue weighted by Gasteiger charge is 2.25. The summed E-state index contributed by atoms with van der Waals surface area (Å²) in [4.78, 5) is 2.29. The van der Waals surface area contributed by atoms with Crippen molar-refractivity contribution in [3.8, 4) is 6.07 Å². The number of nitriles is 1. The van der Waals surface area contributed by atoms with E-state index in [0.717, 1.165) is 37.6 Å². The van der Waals surface area contributed by atoms with E-state index < -0.39 is 0 Å². The largest absolute Gasteiger partial charge is 0.355 e. The molecule has 5 heteroatoms. The van der Waals surface area contributed by atoms with E-state index in [4.69, 9.17) is 5.73 Å². The van der Waals surface area contributed by atoms with Gasteiger partial charge in [-0.1, -0.05) is 0 Å². The standard InChI is InChI=1S/C13H21N5/c1-10-12(8-15)13(17(2)16-10)18-7-3-4-11(9-18)5-6-14/h11H,3-7,9,14H2,1-2H3. The van der Waals surface area contributed by atoms with Crippen molar-refractivity contribution in [3.63, 3.8) is 0 Å². The van der Waals surface area contributed by atoms with Crippen LogP contribution in [-0.2, 0) is 7.05 Å². The number of anilines is 1. The van der Waals surface area contributed by atoms with Crippen LogP contribution in [0.25, 0.3) is 0 Å². The van der Waals surface area contributed by atoms with E-state index in [1.165, 1.54) is 12.8 Å². The predicted molar refractivity (Wildman–Crippen MR) is 71.3 cm³/mol. The van der Waals surface area contributed by atoms with Crippen molar-refractivity contribution in [1.82, 2.24) is 9.78 Å². The first-order valence-corrected chi connectivity index (χ1v) is 6.56. The molecule has 1 aliphatic rings. The second kappa shape index (κ2) is 5.40. The van der Waals surface area contributed by atoms with Gasteiger partial charge in [-0.25, -0.2) is 0 Å². The van der Waals surface area contributed by atoms with Crippen LogP contribution < -0.4 is 10.6 Å². The fourth-order valence-corrected chi connectivity index (χ4v) is 2.87. The summed E-state index contributed by atoms with van der Waals surface area (Å²) in [5.41, 5.74) is 7.17. The van der Waals surface area contributed by atoms with E-state index in [9.17, 15) is 5.26 Å². The first kappa shape index (κ1) is 12.9. The zero-order valence-electron chi connectivity index (χ0n) is 11.2. The molecular formula is C13H21N5. The van der Waals surface area contributed by atoms with Gasteiger partial charge in [0.05, 0.1) is 5.69 Å². The molecular weight excluding hydrogens is 226 g/mol. The highest BCUT2D eigenvalue weighted by Crippen LogP contribution is 2.28. The van der Waals surface area contributed by atoms with Gasteiger partial charge in [0.2, 0.25) is 0 Å². The molecule has 2 N–H and O–H groups in total. The average Bonchev–Trinajstić information content (AvgIpc) is 2.64. The third kappa shape index (κ3) is 2.34. The summed E-state index contributed by atoms with van der Waals surface area (Å²) in [5, 5.41) is 13.6. The number of aryl methyl sites for hydroxylation is 2. The van der Waals surface area contributed by atoms with E-state index in [0.29, 0.717) is 11.5 Å². The van der Waals surface area contributed by atoms with Crippen molar-refractivity contribution in [2.75, 3.05) is 24.5 Å². The Morgan fingerprint density at radius 2 is 2.33 bits per heavy atom. The van der Waals surface area contributed by atoms with Crippen molar-refractivity contribution >= 4 is 5.82 Å². The molecule has 0 spiro atoms. The minimum atomic E-state index is 0.644. The van der Waals surface area contributed by atoms with Gasteiger partial charge in [0.15, 0.2) is 0 Å². The highest BCUT2D eigenvalue weighted by atomic mass is 15.4. The van der Waals surface area contributed by atoms with E-state index in [1.807, 2.05) is 18.7 Å². The molecule has 5 nitrogen and oxygen atoms in total. The van der Waals surface area contributed by atoms with Gasteiger partial charge in [-0.05, 0) is 38.6 Å². The van der Waals surface area contributed by atoms with E-state index in [1.54, 1.807) is 0 Å². The molecule has 0 saturated carbocycles. The molecule has 1 fully saturated rings. The minimum absolute atomic E-state index is 0.644. The molecule has 1 aromatic heterocycles. The van der Waals surface area contributed by atoms with Crippen LogP contribution in [0.4, 0.5) is 5.82 Å². The van der Waals surface area contributed by atoms with Gasteiger partial charge in [-0.3, -0.25) is 4.68 Å². The maximum atomic E-state index is 9.26. The molecule has 0 amide bonds. The Hall–Kier alpha value is -1.54. The van der Waals surface area contributed by atoms with Crippen molar-refractivity contribution in [2.45, 2.75) is 26.2 Å². The number of hydrogen-bond donors (Lipinski definition) is 1. The Labute approximate surface area is 108 Å². The van der Waals surface area contributed by atoms with Crippen molar-refractivity contribution in [2.24, 2.45) is 18.7 Å². The van der Waals surface area contributed by atoms with Crippen LogP contribution >= 0.6 is 0 Å². The van der Waals surface area contributed by atoms with Gasteiger partial charge in [-0.15, -0.1) is 0 Å². The second-order valence-electron chi connectivity index (χ2n) is 5.05. The molecule has 98 valence electrons. The summed E-state index contributed by atoms with van der Waals surface area (Å²) in [7, 11) is 1.91. The lowest BCUT2D eigenvalue weighted by molar-refractivity contribution is 0.392. The lowest BCUT2D eigenvalue weighted by Gasteiger charge is -2.34. The summed E-state index contributed by atoms with van der Waals surface area (Å²) in [6, 6.07) is 2.28. The molecule has 0 aromatic carbocycles. The van der Waals surface area contributed by atoms with Gasteiger partial charge in [0, 0.05) is 20.1 Å². The number of aromatic nitrogens is 2. The molecule has 1 aliphatic heterocycles. The predicted octanol–water partition coefficient (Wildman–Crippen LogP) is 1.17. The Balaban J connectivity index is 2.23. The van der Waals surface area contributed by atoms with Crippen LogP contribution in [0.3, 0.4) is 0 Å². The zero-order valence-corrected chi connectivity index (χ0v) is 11.2. The molecule has 0 radical (unpaired) electrons. The van der Waals surface area contributed by atoms with Crippen molar-refractivity contribution in [1.29, 1.82) is 5.26 Å². The van der Waals surface area contributed by atoms with E-state index in [2.05, 4.69) is 16.1 Å². The van der Waals surface area contributed by atoms with Gasteiger partial charge in [0.25, 0.3) is 0 Å². The van der Waals surface area contributed by atoms with Crippen LogP contribution in [0.1, 0.15) is 30.5 Å². The van der Waals surface area contributed by atoms with Gasteiger partial charge in [0.1, 0.15) is 17.5 Å². The fourth-order valence-electron chi connectivity index (χ4n) is 2.87. The van der Waals surface area contributed by atoms with Crippen LogP contribution in [0.2, 0.25) is 0 Å². The number of nitrogens with two attached hydrogens (primary N) is 1. The van der Waals surface area contributed by atoms with Crippen molar-refractivity contribution < 1.29 is 0 Å². The molecule has 0 bridgehead atoms. The third-order valence-corrected chi connectivity index (χ3v) is 3.70. The molecule has 2 rings (SSSR count). The first-order chi connectivity index (χ1) is 8.67. The fraction of sp³-hybridized carbons (Fsp3) is 0.692. The molecule has 1 aromatic rings. The maximum absolute atomic E-state index is 9.26. The van der Waals surface area contributed by atoms with Gasteiger partial charge >= 0.3 is 0 Å². The number of nitrogens with zero attached hydrogens (tertiary/aromatic N) is 4. The van der Waals surface area contributed by atoms with Gasteiger partial charge in [-0.2, -0.15) is 10.4 Å². The average molecular weight is 247 g/mol. The monoisotopic (exact) mass is 247 g/mol. The smallest absolute Gasteiger partial charge is 0.144 e. The van der Waals surface area contributed by atoms with Crippen LogP contribution in [0, 0.1) is 24.2 Å². The summed E-state index contributed by atoms with van der Waals surface area (Å²) < 4.78 is 1.83. The normalized spacial score (nSPS) is 19.9. The quantitative estimate of drug-likeness (QED) is 0.870.